The van der Waals surface area contributed by atoms with Crippen molar-refractivity contribution < 1.29 is 23.8 Å². The van der Waals surface area contributed by atoms with Crippen LogP contribution < -0.4 is 14.8 Å². The van der Waals surface area contributed by atoms with Gasteiger partial charge in [-0.25, -0.2) is 9.59 Å². The zero-order chi connectivity index (χ0) is 20.4. The monoisotopic (exact) mass is 396 g/mol. The second-order valence-electron chi connectivity index (χ2n) is 7.26. The third-order valence-electron chi connectivity index (χ3n) is 5.68. The van der Waals surface area contributed by atoms with Crippen molar-refractivity contribution >= 4 is 12.0 Å². The first-order chi connectivity index (χ1) is 14.1. The summed E-state index contributed by atoms with van der Waals surface area (Å²) < 4.78 is 16.3. The summed E-state index contributed by atoms with van der Waals surface area (Å²) in [7, 11) is 3.17. The second kappa shape index (κ2) is 7.66. The molecule has 2 amide bonds. The first-order valence-electron chi connectivity index (χ1n) is 9.63. The van der Waals surface area contributed by atoms with Crippen LogP contribution in [0, 0.1) is 0 Å². The van der Waals surface area contributed by atoms with Crippen molar-refractivity contribution in [3.63, 3.8) is 0 Å². The molecule has 152 valence electrons. The maximum atomic E-state index is 12.6. The zero-order valence-corrected chi connectivity index (χ0v) is 16.6. The van der Waals surface area contributed by atoms with Crippen molar-refractivity contribution in [2.24, 2.45) is 0 Å². The molecular formula is C22H24N2O5. The molecule has 29 heavy (non-hydrogen) atoms. The van der Waals surface area contributed by atoms with Crippen LogP contribution in [0.5, 0.6) is 11.5 Å². The van der Waals surface area contributed by atoms with Gasteiger partial charge >= 0.3 is 12.0 Å². The lowest BCUT2D eigenvalue weighted by atomic mass is 9.84. The molecule has 2 aromatic carbocycles. The Balaban J connectivity index is 1.36. The molecule has 0 radical (unpaired) electrons. The number of amides is 2. The third-order valence-corrected chi connectivity index (χ3v) is 5.68. The lowest BCUT2D eigenvalue weighted by Gasteiger charge is -2.38. The molecule has 0 aromatic heterocycles. The number of piperidine rings is 1. The normalized spacial score (nSPS) is 16.9. The van der Waals surface area contributed by atoms with Crippen molar-refractivity contribution in [2.75, 3.05) is 27.3 Å². The molecule has 2 aliphatic heterocycles. The lowest BCUT2D eigenvalue weighted by molar-refractivity contribution is -0.0369. The Hall–Kier alpha value is -3.22. The number of nitrogens with one attached hydrogen (secondary N) is 1. The van der Waals surface area contributed by atoms with Gasteiger partial charge in [0, 0.05) is 38.0 Å². The molecule has 0 aliphatic carbocycles. The number of hydrogen-bond acceptors (Lipinski definition) is 5. The fraction of sp³-hybridized carbons (Fsp3) is 0.364. The van der Waals surface area contributed by atoms with Gasteiger partial charge < -0.3 is 24.4 Å². The summed E-state index contributed by atoms with van der Waals surface area (Å²) in [4.78, 5) is 26.6. The van der Waals surface area contributed by atoms with Gasteiger partial charge in [0.25, 0.3) is 0 Å². The van der Waals surface area contributed by atoms with E-state index in [4.69, 9.17) is 14.2 Å². The predicted molar refractivity (Wildman–Crippen MR) is 106 cm³/mol. The van der Waals surface area contributed by atoms with Gasteiger partial charge in [-0.15, -0.1) is 0 Å². The minimum Gasteiger partial charge on any atom is -0.493 e. The number of fused-ring (bicyclic) bond motifs is 2. The molecule has 2 aliphatic rings. The number of rotatable bonds is 4. The number of urea groups is 1. The van der Waals surface area contributed by atoms with E-state index in [2.05, 4.69) is 5.32 Å². The van der Waals surface area contributed by atoms with Gasteiger partial charge in [-0.05, 0) is 23.8 Å². The first-order valence-corrected chi connectivity index (χ1v) is 9.63. The summed E-state index contributed by atoms with van der Waals surface area (Å²) in [6.07, 6.45) is 1.19. The first kappa shape index (κ1) is 19.1. The molecule has 1 fully saturated rings. The van der Waals surface area contributed by atoms with Crippen LogP contribution in [0.2, 0.25) is 0 Å². The Labute approximate surface area is 169 Å². The lowest BCUT2D eigenvalue weighted by Crippen LogP contribution is -2.48. The van der Waals surface area contributed by atoms with E-state index in [1.807, 2.05) is 36.4 Å². The number of esters is 1. The Bertz CT molecular complexity index is 935. The van der Waals surface area contributed by atoms with E-state index in [1.54, 1.807) is 25.2 Å². The minimum atomic E-state index is -0.603. The number of methoxy groups -OCH3 is 2. The van der Waals surface area contributed by atoms with Crippen LogP contribution in [0.15, 0.2) is 42.5 Å². The molecular weight excluding hydrogens is 372 g/mol. The molecule has 1 saturated heterocycles. The summed E-state index contributed by atoms with van der Waals surface area (Å²) in [5.74, 6) is 1.00. The zero-order valence-electron chi connectivity index (χ0n) is 16.6. The highest BCUT2D eigenvalue weighted by molar-refractivity contribution is 5.94. The van der Waals surface area contributed by atoms with Crippen molar-refractivity contribution in [3.05, 3.63) is 59.2 Å². The molecule has 1 N–H and O–H groups in total. The summed E-state index contributed by atoms with van der Waals surface area (Å²) in [5, 5.41) is 2.95. The van der Waals surface area contributed by atoms with E-state index in [0.29, 0.717) is 49.5 Å². The number of benzene rings is 2. The Morgan fingerprint density at radius 3 is 2.55 bits per heavy atom. The Kier molecular flexibility index (Phi) is 5.05. The third kappa shape index (κ3) is 3.48. The van der Waals surface area contributed by atoms with Crippen LogP contribution >= 0.6 is 0 Å². The molecule has 4 rings (SSSR count). The van der Waals surface area contributed by atoms with Gasteiger partial charge in [0.15, 0.2) is 11.5 Å². The molecule has 7 nitrogen and oxygen atoms in total. The van der Waals surface area contributed by atoms with Crippen LogP contribution in [-0.4, -0.2) is 44.2 Å². The molecule has 0 saturated carbocycles. The maximum Gasteiger partial charge on any atom is 0.339 e. The molecule has 2 heterocycles. The van der Waals surface area contributed by atoms with Crippen molar-refractivity contribution in [1.82, 2.24) is 10.2 Å². The van der Waals surface area contributed by atoms with Crippen LogP contribution in [0.3, 0.4) is 0 Å². The van der Waals surface area contributed by atoms with Gasteiger partial charge in [-0.1, -0.05) is 24.3 Å². The van der Waals surface area contributed by atoms with Gasteiger partial charge in [0.05, 0.1) is 19.8 Å². The van der Waals surface area contributed by atoms with E-state index >= 15 is 0 Å². The summed E-state index contributed by atoms with van der Waals surface area (Å²) in [6.45, 7) is 1.44. The summed E-state index contributed by atoms with van der Waals surface area (Å²) in [6, 6.07) is 12.9. The number of carbonyl (C=O) groups excluding carboxylic acids is 2. The maximum absolute atomic E-state index is 12.6. The van der Waals surface area contributed by atoms with E-state index in [0.717, 1.165) is 11.1 Å². The SMILES string of the molecule is COc1ccc(CNC(=O)N2CCC3(CC2)OC(=O)c2ccccc23)cc1OC. The topological polar surface area (TPSA) is 77.1 Å². The van der Waals surface area contributed by atoms with Crippen molar-refractivity contribution in [3.8, 4) is 11.5 Å². The van der Waals surface area contributed by atoms with E-state index in [1.165, 1.54) is 0 Å². The number of hydrogen-bond donors (Lipinski definition) is 1. The van der Waals surface area contributed by atoms with Crippen LogP contribution in [0.25, 0.3) is 0 Å². The number of ether oxygens (including phenoxy) is 3. The summed E-state index contributed by atoms with van der Waals surface area (Å²) >= 11 is 0. The number of likely N-dealkylation sites (tertiary alicyclic amines) is 1. The van der Waals surface area contributed by atoms with Gasteiger partial charge in [-0.2, -0.15) is 0 Å². The molecule has 2 aromatic rings. The molecule has 7 heteroatoms. The molecule has 1 spiro atoms. The number of carbonyl (C=O) groups is 2. The standard InChI is InChI=1S/C22H24N2O5/c1-27-18-8-7-15(13-19(18)28-2)14-23-21(26)24-11-9-22(10-12-24)17-6-4-3-5-16(17)20(25)29-22/h3-8,13H,9-12,14H2,1-2H3,(H,23,26). The van der Waals surface area contributed by atoms with E-state index < -0.39 is 5.60 Å². The molecule has 0 unspecified atom stereocenters. The Morgan fingerprint density at radius 2 is 1.83 bits per heavy atom. The van der Waals surface area contributed by atoms with Gasteiger partial charge in [0.1, 0.15) is 5.60 Å². The molecule has 0 atom stereocenters. The van der Waals surface area contributed by atoms with E-state index in [9.17, 15) is 9.59 Å². The highest BCUT2D eigenvalue weighted by atomic mass is 16.6. The average Bonchev–Trinajstić information content (AvgIpc) is 3.03. The summed E-state index contributed by atoms with van der Waals surface area (Å²) in [5.41, 5.74) is 1.89. The van der Waals surface area contributed by atoms with Gasteiger partial charge in [-0.3, -0.25) is 0 Å². The molecule has 0 bridgehead atoms. The van der Waals surface area contributed by atoms with Crippen LogP contribution in [0.4, 0.5) is 4.79 Å². The fourth-order valence-corrected chi connectivity index (χ4v) is 4.07. The largest absolute Gasteiger partial charge is 0.493 e. The predicted octanol–water partition coefficient (Wildman–Crippen LogP) is 3.08. The van der Waals surface area contributed by atoms with Crippen molar-refractivity contribution in [2.45, 2.75) is 25.0 Å². The Morgan fingerprint density at radius 1 is 1.10 bits per heavy atom. The number of nitrogens with zero attached hydrogens (tertiary/aromatic N) is 1. The average molecular weight is 396 g/mol. The quantitative estimate of drug-likeness (QED) is 0.804. The minimum absolute atomic E-state index is 0.132. The van der Waals surface area contributed by atoms with Crippen LogP contribution in [-0.2, 0) is 16.9 Å². The second-order valence-corrected chi connectivity index (χ2v) is 7.26. The fourth-order valence-electron chi connectivity index (χ4n) is 4.07. The smallest absolute Gasteiger partial charge is 0.339 e. The van der Waals surface area contributed by atoms with Gasteiger partial charge in [0.2, 0.25) is 0 Å². The van der Waals surface area contributed by atoms with Crippen molar-refractivity contribution in [1.29, 1.82) is 0 Å². The highest BCUT2D eigenvalue weighted by Gasteiger charge is 2.47. The van der Waals surface area contributed by atoms with Crippen LogP contribution in [0.1, 0.15) is 34.3 Å². The van der Waals surface area contributed by atoms with E-state index in [-0.39, 0.29) is 12.0 Å². The highest BCUT2D eigenvalue weighted by Crippen LogP contribution is 2.43.